The van der Waals surface area contributed by atoms with Crippen LogP contribution in [0.4, 0.5) is 0 Å². The molecule has 0 spiro atoms. The van der Waals surface area contributed by atoms with Crippen LogP contribution in [0.25, 0.3) is 0 Å². The molecule has 1 saturated carbocycles. The van der Waals surface area contributed by atoms with E-state index in [4.69, 9.17) is 0 Å². The monoisotopic (exact) mass is 495 g/mol. The van der Waals surface area contributed by atoms with Crippen LogP contribution in [0.3, 0.4) is 0 Å². The largest absolute Gasteiger partial charge is 0.393 e. The molecule has 1 aromatic rings. The van der Waals surface area contributed by atoms with Gasteiger partial charge in [-0.2, -0.15) is 0 Å². The molecule has 23 heavy (non-hydrogen) atoms. The topological polar surface area (TPSA) is 56.7 Å². The van der Waals surface area contributed by atoms with Gasteiger partial charge in [-0.05, 0) is 38.3 Å². The number of rotatable bonds is 5. The predicted octanol–water partition coefficient (Wildman–Crippen LogP) is 3.84. The molecule has 1 aliphatic carbocycles. The van der Waals surface area contributed by atoms with E-state index in [2.05, 4.69) is 51.5 Å². The molecule has 0 amide bonds. The maximum Gasteiger partial charge on any atom is 0.191 e. The van der Waals surface area contributed by atoms with Crippen molar-refractivity contribution < 1.29 is 5.11 Å². The van der Waals surface area contributed by atoms with Gasteiger partial charge in [0.1, 0.15) is 0 Å². The minimum atomic E-state index is -0.188. The Morgan fingerprint density at radius 2 is 2.13 bits per heavy atom. The quantitative estimate of drug-likeness (QED) is 0.330. The lowest BCUT2D eigenvalue weighted by atomic mass is 10.1. The Morgan fingerprint density at radius 3 is 2.74 bits per heavy atom. The second-order valence-electron chi connectivity index (χ2n) is 5.87. The zero-order valence-corrected chi connectivity index (χ0v) is 17.7. The van der Waals surface area contributed by atoms with E-state index in [-0.39, 0.29) is 36.1 Å². The maximum absolute atomic E-state index is 9.91. The number of hydrogen-bond donors (Lipinski definition) is 3. The van der Waals surface area contributed by atoms with Crippen LogP contribution in [-0.4, -0.2) is 30.3 Å². The highest BCUT2D eigenvalue weighted by Crippen LogP contribution is 2.26. The summed E-state index contributed by atoms with van der Waals surface area (Å²) in [7, 11) is 0. The molecule has 0 radical (unpaired) electrons. The van der Waals surface area contributed by atoms with Crippen molar-refractivity contribution in [3.8, 4) is 0 Å². The minimum absolute atomic E-state index is 0. The molecule has 3 unspecified atom stereocenters. The summed E-state index contributed by atoms with van der Waals surface area (Å²) < 4.78 is 1.09. The smallest absolute Gasteiger partial charge is 0.191 e. The Bertz CT molecular complexity index is 512. The van der Waals surface area contributed by atoms with Crippen LogP contribution in [0.5, 0.6) is 0 Å². The molecular formula is C17H27BrIN3O. The van der Waals surface area contributed by atoms with Crippen molar-refractivity contribution in [2.75, 3.05) is 13.1 Å². The van der Waals surface area contributed by atoms with Gasteiger partial charge < -0.3 is 15.7 Å². The van der Waals surface area contributed by atoms with E-state index < -0.39 is 0 Å². The van der Waals surface area contributed by atoms with Gasteiger partial charge in [0.25, 0.3) is 0 Å². The van der Waals surface area contributed by atoms with Gasteiger partial charge in [-0.1, -0.05) is 40.5 Å². The summed E-state index contributed by atoms with van der Waals surface area (Å²) in [5.74, 6) is 1.11. The summed E-state index contributed by atoms with van der Waals surface area (Å²) in [6.07, 6.45) is 2.91. The molecule has 0 aromatic heterocycles. The molecule has 0 saturated heterocycles. The van der Waals surface area contributed by atoms with Crippen molar-refractivity contribution in [1.82, 2.24) is 10.6 Å². The number of aliphatic hydroxyl groups is 1. The highest BCUT2D eigenvalue weighted by Gasteiger charge is 2.24. The first-order chi connectivity index (χ1) is 10.6. The zero-order valence-electron chi connectivity index (χ0n) is 13.8. The van der Waals surface area contributed by atoms with Gasteiger partial charge >= 0.3 is 0 Å². The zero-order chi connectivity index (χ0) is 15.9. The van der Waals surface area contributed by atoms with Crippen molar-refractivity contribution in [2.45, 2.75) is 45.3 Å². The van der Waals surface area contributed by atoms with Crippen LogP contribution in [-0.2, 0) is 0 Å². The number of nitrogens with zero attached hydrogens (tertiary/aromatic N) is 1. The molecule has 130 valence electrons. The lowest BCUT2D eigenvalue weighted by molar-refractivity contribution is 0.136. The van der Waals surface area contributed by atoms with Gasteiger partial charge in [0, 0.05) is 23.5 Å². The fourth-order valence-corrected chi connectivity index (χ4v) is 3.50. The summed E-state index contributed by atoms with van der Waals surface area (Å²) in [5.41, 5.74) is 1.20. The maximum atomic E-state index is 9.91. The predicted molar refractivity (Wildman–Crippen MR) is 110 cm³/mol. The van der Waals surface area contributed by atoms with Gasteiger partial charge in [-0.25, -0.2) is 0 Å². The third kappa shape index (κ3) is 6.23. The van der Waals surface area contributed by atoms with E-state index >= 15 is 0 Å². The number of hydrogen-bond acceptors (Lipinski definition) is 2. The molecule has 6 heteroatoms. The van der Waals surface area contributed by atoms with Gasteiger partial charge in [0.15, 0.2) is 5.96 Å². The molecule has 1 fully saturated rings. The van der Waals surface area contributed by atoms with Crippen molar-refractivity contribution in [3.63, 3.8) is 0 Å². The van der Waals surface area contributed by atoms with Crippen LogP contribution in [0.1, 0.15) is 44.7 Å². The SMILES string of the molecule is CCNC(=NCC1CCCC1O)NC(C)c1ccccc1Br.I. The highest BCUT2D eigenvalue weighted by molar-refractivity contribution is 14.0. The van der Waals surface area contributed by atoms with Gasteiger partial charge in [0.2, 0.25) is 0 Å². The summed E-state index contributed by atoms with van der Waals surface area (Å²) in [6.45, 7) is 5.68. The van der Waals surface area contributed by atoms with Crippen LogP contribution < -0.4 is 10.6 Å². The Morgan fingerprint density at radius 1 is 1.39 bits per heavy atom. The molecule has 3 N–H and O–H groups in total. The summed E-state index contributed by atoms with van der Waals surface area (Å²) in [4.78, 5) is 4.66. The Labute approximate surface area is 164 Å². The van der Waals surface area contributed by atoms with Crippen molar-refractivity contribution in [3.05, 3.63) is 34.3 Å². The van der Waals surface area contributed by atoms with Crippen LogP contribution >= 0.6 is 39.9 Å². The van der Waals surface area contributed by atoms with E-state index in [1.807, 2.05) is 18.2 Å². The van der Waals surface area contributed by atoms with E-state index in [0.29, 0.717) is 12.5 Å². The second-order valence-corrected chi connectivity index (χ2v) is 6.72. The fraction of sp³-hybridized carbons (Fsp3) is 0.588. The Kier molecular flexibility index (Phi) is 9.46. The highest BCUT2D eigenvalue weighted by atomic mass is 127. The Balaban J connectivity index is 0.00000264. The van der Waals surface area contributed by atoms with Crippen LogP contribution in [0, 0.1) is 5.92 Å². The number of aliphatic hydroxyl groups excluding tert-OH is 1. The molecule has 0 bridgehead atoms. The third-order valence-corrected chi connectivity index (χ3v) is 4.89. The number of guanidine groups is 1. The number of halogens is 2. The molecule has 2 rings (SSSR count). The van der Waals surface area contributed by atoms with Gasteiger partial charge in [-0.3, -0.25) is 4.99 Å². The first-order valence-electron chi connectivity index (χ1n) is 8.09. The number of benzene rings is 1. The molecule has 0 aliphatic heterocycles. The van der Waals surface area contributed by atoms with E-state index in [9.17, 15) is 5.11 Å². The number of nitrogens with one attached hydrogen (secondary N) is 2. The minimum Gasteiger partial charge on any atom is -0.393 e. The molecular weight excluding hydrogens is 469 g/mol. The molecule has 1 aliphatic rings. The molecule has 0 heterocycles. The van der Waals surface area contributed by atoms with Crippen molar-refractivity contribution >= 4 is 45.9 Å². The fourth-order valence-electron chi connectivity index (χ4n) is 2.87. The van der Waals surface area contributed by atoms with Gasteiger partial charge in [-0.15, -0.1) is 24.0 Å². The average molecular weight is 496 g/mol. The number of aliphatic imine (C=N–C) groups is 1. The van der Waals surface area contributed by atoms with Crippen LogP contribution in [0.2, 0.25) is 0 Å². The van der Waals surface area contributed by atoms with Gasteiger partial charge in [0.05, 0.1) is 12.1 Å². The van der Waals surface area contributed by atoms with E-state index in [1.54, 1.807) is 0 Å². The van der Waals surface area contributed by atoms with Crippen LogP contribution in [0.15, 0.2) is 33.7 Å². The van der Waals surface area contributed by atoms with E-state index in [0.717, 1.165) is 36.2 Å². The first kappa shape index (κ1) is 20.7. The van der Waals surface area contributed by atoms with Crippen molar-refractivity contribution in [2.24, 2.45) is 10.9 Å². The standard InChI is InChI=1S/C17H26BrN3O.HI/c1-3-19-17(20-11-13-7-6-10-16(13)22)21-12(2)14-8-4-5-9-15(14)18;/h4-5,8-9,12-13,16,22H,3,6-7,10-11H2,1-2H3,(H2,19,20,21);1H. The molecule has 1 aromatic carbocycles. The summed E-state index contributed by atoms with van der Waals surface area (Å²) >= 11 is 3.59. The lowest BCUT2D eigenvalue weighted by Gasteiger charge is -2.20. The molecule has 3 atom stereocenters. The lowest BCUT2D eigenvalue weighted by Crippen LogP contribution is -2.39. The summed E-state index contributed by atoms with van der Waals surface area (Å²) in [6, 6.07) is 8.36. The third-order valence-electron chi connectivity index (χ3n) is 4.17. The average Bonchev–Trinajstić information content (AvgIpc) is 2.90. The normalized spacial score (nSPS) is 22.3. The Hall–Kier alpha value is -0.340. The molecule has 4 nitrogen and oxygen atoms in total. The second kappa shape index (κ2) is 10.5. The van der Waals surface area contributed by atoms with Crippen molar-refractivity contribution in [1.29, 1.82) is 0 Å². The first-order valence-corrected chi connectivity index (χ1v) is 8.88. The summed E-state index contributed by atoms with van der Waals surface area (Å²) in [5, 5.41) is 16.6. The van der Waals surface area contributed by atoms with E-state index in [1.165, 1.54) is 5.56 Å².